The summed E-state index contributed by atoms with van der Waals surface area (Å²) in [6, 6.07) is 7.55. The number of hydrogen-bond acceptors (Lipinski definition) is 6. The minimum absolute atomic E-state index is 0.0755. The van der Waals surface area contributed by atoms with Gasteiger partial charge in [-0.15, -0.1) is 0 Å². The number of benzene rings is 1. The molecule has 8 nitrogen and oxygen atoms in total. The third kappa shape index (κ3) is 4.89. The second-order valence-electron chi connectivity index (χ2n) is 9.86. The van der Waals surface area contributed by atoms with Crippen LogP contribution in [0.3, 0.4) is 0 Å². The highest BCUT2D eigenvalue weighted by molar-refractivity contribution is 5.73. The highest BCUT2D eigenvalue weighted by Crippen LogP contribution is 2.39. The Labute approximate surface area is 213 Å². The summed E-state index contributed by atoms with van der Waals surface area (Å²) < 4.78 is 30.8. The number of nitrogens with one attached hydrogen (secondary N) is 2. The molecular formula is C27H29F2N7O. The first-order valence-electron chi connectivity index (χ1n) is 12.3. The summed E-state index contributed by atoms with van der Waals surface area (Å²) >= 11 is 0. The van der Waals surface area contributed by atoms with Gasteiger partial charge < -0.3 is 16.4 Å². The first-order chi connectivity index (χ1) is 17.7. The van der Waals surface area contributed by atoms with Crippen molar-refractivity contribution in [2.24, 2.45) is 11.7 Å². The molecule has 37 heavy (non-hydrogen) atoms. The molecule has 1 aromatic carbocycles. The maximum atomic E-state index is 14.6. The van der Waals surface area contributed by atoms with Gasteiger partial charge in [-0.2, -0.15) is 9.61 Å². The topological polar surface area (TPSA) is 110 Å². The SMILES string of the molecule is CC(=O)N[C@@H]1[C@H](N)C[C@H](c2ccncc2Nc2ncc3ccc(-c4c(F)cc(C)cc4F)nn23)C[C@@H]1C. The molecule has 1 saturated carbocycles. The van der Waals surface area contributed by atoms with E-state index in [1.807, 2.05) is 6.07 Å². The van der Waals surface area contributed by atoms with Gasteiger partial charge in [0.25, 0.3) is 0 Å². The van der Waals surface area contributed by atoms with E-state index in [2.05, 4.69) is 32.6 Å². The fourth-order valence-electron chi connectivity index (χ4n) is 5.36. The molecule has 0 saturated heterocycles. The average Bonchev–Trinajstić information content (AvgIpc) is 3.23. The number of halogens is 2. The van der Waals surface area contributed by atoms with Crippen LogP contribution in [0.4, 0.5) is 20.4 Å². The van der Waals surface area contributed by atoms with Crippen molar-refractivity contribution >= 4 is 23.1 Å². The highest BCUT2D eigenvalue weighted by atomic mass is 19.1. The number of imidazole rings is 1. The maximum Gasteiger partial charge on any atom is 0.229 e. The summed E-state index contributed by atoms with van der Waals surface area (Å²) in [5, 5.41) is 10.8. The van der Waals surface area contributed by atoms with Crippen molar-refractivity contribution < 1.29 is 13.6 Å². The Morgan fingerprint density at radius 1 is 1.14 bits per heavy atom. The molecule has 4 aromatic rings. The number of carbonyl (C=O) groups excluding carboxylic acids is 1. The predicted octanol–water partition coefficient (Wildman–Crippen LogP) is 4.47. The molecule has 0 aliphatic heterocycles. The third-order valence-corrected chi connectivity index (χ3v) is 7.02. The van der Waals surface area contributed by atoms with Crippen LogP contribution in [0.1, 0.15) is 43.7 Å². The fraction of sp³-hybridized carbons (Fsp3) is 0.333. The van der Waals surface area contributed by atoms with Gasteiger partial charge in [-0.1, -0.05) is 6.92 Å². The van der Waals surface area contributed by atoms with Gasteiger partial charge in [0, 0.05) is 25.2 Å². The predicted molar refractivity (Wildman–Crippen MR) is 137 cm³/mol. The van der Waals surface area contributed by atoms with Gasteiger partial charge in [0.2, 0.25) is 11.9 Å². The van der Waals surface area contributed by atoms with E-state index in [1.54, 1.807) is 37.6 Å². The number of nitrogens with two attached hydrogens (primary N) is 1. The van der Waals surface area contributed by atoms with Crippen molar-refractivity contribution in [2.75, 3.05) is 5.32 Å². The lowest BCUT2D eigenvalue weighted by Crippen LogP contribution is -2.54. The number of rotatable bonds is 5. The van der Waals surface area contributed by atoms with E-state index in [9.17, 15) is 13.6 Å². The van der Waals surface area contributed by atoms with Crippen LogP contribution in [0.2, 0.25) is 0 Å². The van der Waals surface area contributed by atoms with Crippen LogP contribution in [0.5, 0.6) is 0 Å². The van der Waals surface area contributed by atoms with Gasteiger partial charge in [0.05, 0.1) is 34.9 Å². The van der Waals surface area contributed by atoms with Crippen molar-refractivity contribution in [3.8, 4) is 11.3 Å². The minimum Gasteiger partial charge on any atom is -0.352 e. The molecule has 10 heteroatoms. The van der Waals surface area contributed by atoms with Crippen LogP contribution in [0, 0.1) is 24.5 Å². The number of amides is 1. The summed E-state index contributed by atoms with van der Waals surface area (Å²) in [7, 11) is 0. The Morgan fingerprint density at radius 3 is 2.59 bits per heavy atom. The summed E-state index contributed by atoms with van der Waals surface area (Å²) in [5.74, 6) is -0.702. The monoisotopic (exact) mass is 505 g/mol. The zero-order valence-electron chi connectivity index (χ0n) is 20.9. The number of aromatic nitrogens is 4. The molecule has 5 rings (SSSR count). The molecule has 1 amide bonds. The molecule has 3 aromatic heterocycles. The molecule has 0 radical (unpaired) electrons. The maximum absolute atomic E-state index is 14.6. The van der Waals surface area contributed by atoms with Crippen LogP contribution in [-0.2, 0) is 4.79 Å². The van der Waals surface area contributed by atoms with E-state index in [4.69, 9.17) is 5.73 Å². The van der Waals surface area contributed by atoms with E-state index < -0.39 is 11.6 Å². The standard InChI is InChI=1S/C27H29F2N7O/c1-14-8-20(28)25(21(29)9-14)23-5-4-18-12-32-27(36(18)35-23)34-24-13-31-7-6-19(24)17-10-15(2)26(22(30)11-17)33-16(3)37/h4-9,12-13,15,17,22,26H,10-11,30H2,1-3H3,(H,32,34)(H,33,37)/t15-,17+,22+,26-/m0/s1. The molecule has 3 heterocycles. The quantitative estimate of drug-likeness (QED) is 0.369. The van der Waals surface area contributed by atoms with Crippen LogP contribution in [0.15, 0.2) is 48.9 Å². The number of aryl methyl sites for hydroxylation is 1. The Bertz CT molecular complexity index is 1440. The van der Waals surface area contributed by atoms with Crippen molar-refractivity contribution in [2.45, 2.75) is 51.6 Å². The lowest BCUT2D eigenvalue weighted by molar-refractivity contribution is -0.120. The molecule has 0 spiro atoms. The zero-order valence-corrected chi connectivity index (χ0v) is 20.9. The van der Waals surface area contributed by atoms with Crippen LogP contribution in [0.25, 0.3) is 16.8 Å². The summed E-state index contributed by atoms with van der Waals surface area (Å²) in [6.45, 7) is 5.24. The minimum atomic E-state index is -0.672. The van der Waals surface area contributed by atoms with Gasteiger partial charge in [-0.3, -0.25) is 9.78 Å². The number of pyridine rings is 1. The van der Waals surface area contributed by atoms with Crippen molar-refractivity contribution in [3.05, 3.63) is 71.7 Å². The lowest BCUT2D eigenvalue weighted by atomic mass is 9.73. The zero-order chi connectivity index (χ0) is 26.3. The van der Waals surface area contributed by atoms with E-state index in [-0.39, 0.29) is 41.1 Å². The summed E-state index contributed by atoms with van der Waals surface area (Å²) in [5.41, 5.74) is 9.38. The van der Waals surface area contributed by atoms with Crippen molar-refractivity contribution in [1.29, 1.82) is 0 Å². The number of carbonyl (C=O) groups is 1. The van der Waals surface area contributed by atoms with Gasteiger partial charge in [0.15, 0.2) is 0 Å². The molecule has 0 bridgehead atoms. The average molecular weight is 506 g/mol. The van der Waals surface area contributed by atoms with Crippen LogP contribution in [-0.4, -0.2) is 37.6 Å². The largest absolute Gasteiger partial charge is 0.352 e. The summed E-state index contributed by atoms with van der Waals surface area (Å²) in [6.07, 6.45) is 6.63. The molecule has 1 aliphatic rings. The van der Waals surface area contributed by atoms with Crippen LogP contribution < -0.4 is 16.4 Å². The first kappa shape index (κ1) is 24.8. The third-order valence-electron chi connectivity index (χ3n) is 7.02. The molecule has 1 fully saturated rings. The normalized spacial score (nSPS) is 21.7. The molecule has 4 N–H and O–H groups in total. The number of anilines is 2. The van der Waals surface area contributed by atoms with Gasteiger partial charge >= 0.3 is 0 Å². The Hall–Kier alpha value is -3.92. The van der Waals surface area contributed by atoms with E-state index >= 15 is 0 Å². The van der Waals surface area contributed by atoms with Crippen molar-refractivity contribution in [1.82, 2.24) is 24.9 Å². The van der Waals surface area contributed by atoms with E-state index in [0.717, 1.165) is 17.7 Å². The molecule has 0 unspecified atom stereocenters. The van der Waals surface area contributed by atoms with Gasteiger partial charge in [-0.25, -0.2) is 13.8 Å². The fourth-order valence-corrected chi connectivity index (χ4v) is 5.36. The number of hydrogen-bond donors (Lipinski definition) is 3. The van der Waals surface area contributed by atoms with Crippen molar-refractivity contribution in [3.63, 3.8) is 0 Å². The Kier molecular flexibility index (Phi) is 6.59. The Morgan fingerprint density at radius 2 is 1.89 bits per heavy atom. The first-order valence-corrected chi connectivity index (χ1v) is 12.3. The second-order valence-corrected chi connectivity index (χ2v) is 9.86. The van der Waals surface area contributed by atoms with Gasteiger partial charge in [0.1, 0.15) is 11.6 Å². The second kappa shape index (κ2) is 9.85. The van der Waals surface area contributed by atoms with E-state index in [0.29, 0.717) is 23.4 Å². The molecule has 1 aliphatic carbocycles. The molecular weight excluding hydrogens is 476 g/mol. The Balaban J connectivity index is 1.46. The number of nitrogens with zero attached hydrogens (tertiary/aromatic N) is 4. The number of fused-ring (bicyclic) bond motifs is 1. The molecule has 192 valence electrons. The summed E-state index contributed by atoms with van der Waals surface area (Å²) in [4.78, 5) is 20.3. The lowest BCUT2D eigenvalue weighted by Gasteiger charge is -2.39. The smallest absolute Gasteiger partial charge is 0.229 e. The van der Waals surface area contributed by atoms with E-state index in [1.165, 1.54) is 23.6 Å². The van der Waals surface area contributed by atoms with Gasteiger partial charge in [-0.05, 0) is 73.1 Å². The van der Waals surface area contributed by atoms with Crippen LogP contribution >= 0.6 is 0 Å². The molecule has 4 atom stereocenters. The highest BCUT2D eigenvalue weighted by Gasteiger charge is 2.35.